The molecule has 1 N–H and O–H groups in total. The summed E-state index contributed by atoms with van der Waals surface area (Å²) in [6.07, 6.45) is 0.989. The van der Waals surface area contributed by atoms with E-state index in [1.807, 2.05) is 19.1 Å². The van der Waals surface area contributed by atoms with Crippen molar-refractivity contribution in [3.63, 3.8) is 0 Å². The summed E-state index contributed by atoms with van der Waals surface area (Å²) < 4.78 is 24.4. The minimum absolute atomic E-state index is 0.0530. The van der Waals surface area contributed by atoms with Crippen molar-refractivity contribution in [2.75, 3.05) is 26.9 Å². The van der Waals surface area contributed by atoms with Gasteiger partial charge in [-0.2, -0.15) is 0 Å². The van der Waals surface area contributed by atoms with Crippen molar-refractivity contribution in [1.82, 2.24) is 5.32 Å². The third-order valence-corrected chi connectivity index (χ3v) is 6.08. The topological polar surface area (TPSA) is 47.6 Å². The number of nitrogens with one attached hydrogen (secondary N) is 1. The summed E-state index contributed by atoms with van der Waals surface area (Å²) in [6.45, 7) is 3.48. The van der Waals surface area contributed by atoms with Gasteiger partial charge in [-0.1, -0.05) is 12.1 Å². The molecule has 0 bridgehead atoms. The van der Waals surface area contributed by atoms with E-state index in [-0.39, 0.29) is 17.8 Å². The first-order valence-electron chi connectivity index (χ1n) is 8.76. The molecule has 0 aliphatic carbocycles. The lowest BCUT2D eigenvalue weighted by atomic mass is 9.73. The molecule has 1 unspecified atom stereocenters. The van der Waals surface area contributed by atoms with Crippen molar-refractivity contribution in [1.29, 1.82) is 0 Å². The second kappa shape index (κ2) is 8.29. The molecule has 0 radical (unpaired) electrons. The minimum Gasteiger partial charge on any atom is -0.381 e. The van der Waals surface area contributed by atoms with Crippen LogP contribution in [0.4, 0.5) is 4.39 Å². The number of hydrogen-bond acceptors (Lipinski definition) is 4. The van der Waals surface area contributed by atoms with Gasteiger partial charge >= 0.3 is 0 Å². The van der Waals surface area contributed by atoms with Crippen LogP contribution in [-0.4, -0.2) is 32.8 Å². The number of benzene rings is 1. The van der Waals surface area contributed by atoms with Crippen molar-refractivity contribution < 1.29 is 18.7 Å². The van der Waals surface area contributed by atoms with Gasteiger partial charge in [0.25, 0.3) is 0 Å². The van der Waals surface area contributed by atoms with E-state index in [4.69, 9.17) is 9.47 Å². The van der Waals surface area contributed by atoms with Gasteiger partial charge in [-0.05, 0) is 49.6 Å². The Balaban J connectivity index is 1.76. The van der Waals surface area contributed by atoms with Crippen LogP contribution >= 0.6 is 11.3 Å². The molecule has 26 heavy (non-hydrogen) atoms. The number of halogens is 1. The Morgan fingerprint density at radius 2 is 1.96 bits per heavy atom. The molecule has 1 atom stereocenters. The minimum atomic E-state index is -0.685. The van der Waals surface area contributed by atoms with Gasteiger partial charge < -0.3 is 14.8 Å². The van der Waals surface area contributed by atoms with Crippen molar-refractivity contribution in [2.24, 2.45) is 0 Å². The van der Waals surface area contributed by atoms with E-state index in [0.717, 1.165) is 10.4 Å². The maximum Gasteiger partial charge on any atom is 0.230 e. The monoisotopic (exact) mass is 377 g/mol. The molecule has 1 fully saturated rings. The SMILES string of the molecule is COC(CNC(=O)C1(c2ccc(F)cc2)CCOCC1)c1ccc(C)s1. The van der Waals surface area contributed by atoms with Crippen LogP contribution in [0.3, 0.4) is 0 Å². The van der Waals surface area contributed by atoms with E-state index in [1.165, 1.54) is 17.0 Å². The van der Waals surface area contributed by atoms with Crippen molar-refractivity contribution >= 4 is 17.2 Å². The van der Waals surface area contributed by atoms with Gasteiger partial charge in [-0.3, -0.25) is 4.79 Å². The summed E-state index contributed by atoms with van der Waals surface area (Å²) in [5, 5.41) is 3.06. The van der Waals surface area contributed by atoms with E-state index in [0.29, 0.717) is 32.6 Å². The van der Waals surface area contributed by atoms with Gasteiger partial charge in [0.1, 0.15) is 11.9 Å². The first-order chi connectivity index (χ1) is 12.5. The smallest absolute Gasteiger partial charge is 0.230 e. The Morgan fingerprint density at radius 3 is 2.54 bits per heavy atom. The predicted molar refractivity (Wildman–Crippen MR) is 99.9 cm³/mol. The van der Waals surface area contributed by atoms with E-state index in [1.54, 1.807) is 30.6 Å². The first-order valence-corrected chi connectivity index (χ1v) is 9.58. The summed E-state index contributed by atoms with van der Waals surface area (Å²) in [7, 11) is 1.65. The zero-order valence-corrected chi connectivity index (χ0v) is 15.9. The Morgan fingerprint density at radius 1 is 1.27 bits per heavy atom. The third kappa shape index (κ3) is 3.98. The molecule has 1 aromatic heterocycles. The molecule has 1 aromatic carbocycles. The van der Waals surface area contributed by atoms with Crippen LogP contribution in [0.2, 0.25) is 0 Å². The summed E-state index contributed by atoms with van der Waals surface area (Å²) in [4.78, 5) is 15.4. The number of ether oxygens (including phenoxy) is 2. The summed E-state index contributed by atoms with van der Waals surface area (Å²) >= 11 is 1.67. The maximum absolute atomic E-state index is 13.3. The number of carbonyl (C=O) groups is 1. The first kappa shape index (κ1) is 19.0. The summed E-state index contributed by atoms with van der Waals surface area (Å²) in [6, 6.07) is 10.3. The normalized spacial score (nSPS) is 17.7. The van der Waals surface area contributed by atoms with Gasteiger partial charge in [-0.15, -0.1) is 11.3 Å². The van der Waals surface area contributed by atoms with Gasteiger partial charge in [0.05, 0.1) is 5.41 Å². The molecule has 1 saturated heterocycles. The van der Waals surface area contributed by atoms with Crippen molar-refractivity contribution in [2.45, 2.75) is 31.3 Å². The molecule has 1 amide bonds. The number of methoxy groups -OCH3 is 1. The Kier molecular flexibility index (Phi) is 6.06. The van der Waals surface area contributed by atoms with Crippen LogP contribution in [0.1, 0.15) is 34.3 Å². The predicted octanol–water partition coefficient (Wildman–Crippen LogP) is 3.75. The fourth-order valence-electron chi connectivity index (χ4n) is 3.42. The lowest BCUT2D eigenvalue weighted by molar-refractivity contribution is -0.131. The van der Waals surface area contributed by atoms with Crippen molar-refractivity contribution in [3.8, 4) is 0 Å². The number of rotatable bonds is 6. The molecular formula is C20H24FNO3S. The van der Waals surface area contributed by atoms with E-state index in [2.05, 4.69) is 5.32 Å². The van der Waals surface area contributed by atoms with Crippen molar-refractivity contribution in [3.05, 3.63) is 57.5 Å². The maximum atomic E-state index is 13.3. The van der Waals surface area contributed by atoms with Crippen LogP contribution in [0.5, 0.6) is 0 Å². The quantitative estimate of drug-likeness (QED) is 0.834. The number of amides is 1. The van der Waals surface area contributed by atoms with Gasteiger partial charge in [0.15, 0.2) is 0 Å². The molecule has 0 spiro atoms. The van der Waals surface area contributed by atoms with E-state index >= 15 is 0 Å². The number of carbonyl (C=O) groups excluding carboxylic acids is 1. The molecule has 1 aliphatic rings. The third-order valence-electron chi connectivity index (χ3n) is 4.99. The lowest BCUT2D eigenvalue weighted by Gasteiger charge is -2.36. The Hall–Kier alpha value is -1.76. The zero-order valence-electron chi connectivity index (χ0n) is 15.1. The average Bonchev–Trinajstić information content (AvgIpc) is 3.09. The molecule has 4 nitrogen and oxygen atoms in total. The zero-order chi connectivity index (χ0) is 18.6. The summed E-state index contributed by atoms with van der Waals surface area (Å²) in [5.74, 6) is -0.355. The highest BCUT2D eigenvalue weighted by atomic mass is 32.1. The van der Waals surface area contributed by atoms with Crippen LogP contribution in [0.25, 0.3) is 0 Å². The fourth-order valence-corrected chi connectivity index (χ4v) is 4.37. The van der Waals surface area contributed by atoms with Gasteiger partial charge in [0.2, 0.25) is 5.91 Å². The van der Waals surface area contributed by atoms with E-state index in [9.17, 15) is 9.18 Å². The molecule has 140 valence electrons. The van der Waals surface area contributed by atoms with Crippen LogP contribution in [-0.2, 0) is 19.7 Å². The standard InChI is InChI=1S/C20H24FNO3S/c1-14-3-8-18(26-14)17(24-2)13-22-19(23)20(9-11-25-12-10-20)15-4-6-16(21)7-5-15/h3-8,17H,9-13H2,1-2H3,(H,22,23). The van der Waals surface area contributed by atoms with Crippen LogP contribution in [0.15, 0.2) is 36.4 Å². The molecule has 6 heteroatoms. The Bertz CT molecular complexity index is 738. The highest BCUT2D eigenvalue weighted by Gasteiger charge is 2.41. The largest absolute Gasteiger partial charge is 0.381 e. The highest BCUT2D eigenvalue weighted by molar-refractivity contribution is 7.12. The number of hydrogen-bond donors (Lipinski definition) is 1. The summed E-state index contributed by atoms with van der Waals surface area (Å²) in [5.41, 5.74) is 0.149. The van der Waals surface area contributed by atoms with E-state index < -0.39 is 5.41 Å². The second-order valence-corrected chi connectivity index (χ2v) is 7.90. The molecule has 1 aliphatic heterocycles. The number of aryl methyl sites for hydroxylation is 1. The van der Waals surface area contributed by atoms with Crippen LogP contribution in [0, 0.1) is 12.7 Å². The van der Waals surface area contributed by atoms with Gasteiger partial charge in [-0.25, -0.2) is 4.39 Å². The molecule has 2 aromatic rings. The number of thiophene rings is 1. The molecular weight excluding hydrogens is 353 g/mol. The average molecular weight is 377 g/mol. The lowest BCUT2D eigenvalue weighted by Crippen LogP contribution is -2.49. The fraction of sp³-hybridized carbons (Fsp3) is 0.450. The highest BCUT2D eigenvalue weighted by Crippen LogP contribution is 2.35. The molecule has 2 heterocycles. The Labute approximate surface area is 157 Å². The van der Waals surface area contributed by atoms with Gasteiger partial charge in [0, 0.05) is 36.6 Å². The second-order valence-electron chi connectivity index (χ2n) is 6.58. The molecule has 3 rings (SSSR count). The van der Waals surface area contributed by atoms with Crippen LogP contribution < -0.4 is 5.32 Å². The molecule has 0 saturated carbocycles.